The van der Waals surface area contributed by atoms with Gasteiger partial charge in [-0.1, -0.05) is 0 Å². The highest BCUT2D eigenvalue weighted by Gasteiger charge is 2.24. The van der Waals surface area contributed by atoms with E-state index in [9.17, 15) is 8.42 Å². The van der Waals surface area contributed by atoms with E-state index in [0.29, 0.717) is 12.5 Å². The second-order valence-corrected chi connectivity index (χ2v) is 7.89. The third kappa shape index (κ3) is 4.33. The lowest BCUT2D eigenvalue weighted by molar-refractivity contribution is 0.146. The summed E-state index contributed by atoms with van der Waals surface area (Å²) in [4.78, 5) is 2.35. The lowest BCUT2D eigenvalue weighted by atomic mass is 9.98. The third-order valence-electron chi connectivity index (χ3n) is 3.86. The first kappa shape index (κ1) is 15.5. The minimum atomic E-state index is -3.08. The molecule has 0 bridgehead atoms. The third-order valence-corrected chi connectivity index (χ3v) is 5.14. The molecule has 1 unspecified atom stereocenters. The Kier molecular flexibility index (Phi) is 4.88. The molecule has 0 radical (unpaired) electrons. The Bertz CT molecular complexity index is 538. The largest absolute Gasteiger partial charge is 0.465 e. The van der Waals surface area contributed by atoms with Crippen LogP contribution in [0.3, 0.4) is 0 Å². The van der Waals surface area contributed by atoms with Crippen molar-refractivity contribution in [1.82, 2.24) is 9.21 Å². The van der Waals surface area contributed by atoms with E-state index in [-0.39, 0.29) is 0 Å². The molecule has 0 amide bonds. The molecule has 0 saturated carbocycles. The highest BCUT2D eigenvalue weighted by molar-refractivity contribution is 7.88. The molecule has 1 atom stereocenters. The predicted octanol–water partition coefficient (Wildman–Crippen LogP) is 1.69. The van der Waals surface area contributed by atoms with Gasteiger partial charge in [-0.3, -0.25) is 4.90 Å². The van der Waals surface area contributed by atoms with Crippen molar-refractivity contribution >= 4 is 10.0 Å². The number of hydrogen-bond donors (Lipinski definition) is 0. The van der Waals surface area contributed by atoms with Crippen LogP contribution in [-0.2, 0) is 16.6 Å². The van der Waals surface area contributed by atoms with E-state index in [2.05, 4.69) is 4.90 Å². The molecule has 0 spiro atoms. The molecule has 1 aromatic heterocycles. The smallest absolute Gasteiger partial charge is 0.210 e. The number of likely N-dealkylation sites (tertiary alicyclic amines) is 1. The van der Waals surface area contributed by atoms with E-state index in [1.165, 1.54) is 10.6 Å². The van der Waals surface area contributed by atoms with Gasteiger partial charge in [0, 0.05) is 20.1 Å². The Hall–Kier alpha value is -0.850. The molecule has 0 aromatic carbocycles. The standard InChI is InChI=1S/C14H24N2O3S/c1-12-6-7-14(19-12)11-16-8-4-5-13(10-16)9-15(2)20(3,17)18/h6-7,13H,4-5,8-11H2,1-3H3. The van der Waals surface area contributed by atoms with Crippen molar-refractivity contribution < 1.29 is 12.8 Å². The van der Waals surface area contributed by atoms with Crippen LogP contribution in [0, 0.1) is 12.8 Å². The van der Waals surface area contributed by atoms with Crippen molar-refractivity contribution in [3.8, 4) is 0 Å². The van der Waals surface area contributed by atoms with Gasteiger partial charge in [0.1, 0.15) is 11.5 Å². The molecule has 1 aliphatic heterocycles. The summed E-state index contributed by atoms with van der Waals surface area (Å²) in [6.07, 6.45) is 3.47. The van der Waals surface area contributed by atoms with Crippen molar-refractivity contribution in [2.24, 2.45) is 5.92 Å². The second-order valence-electron chi connectivity index (χ2n) is 5.80. The molecule has 114 valence electrons. The minimum Gasteiger partial charge on any atom is -0.465 e. The quantitative estimate of drug-likeness (QED) is 0.830. The molecule has 1 aromatic rings. The van der Waals surface area contributed by atoms with Gasteiger partial charge in [-0.05, 0) is 44.4 Å². The molecular weight excluding hydrogens is 276 g/mol. The summed E-state index contributed by atoms with van der Waals surface area (Å²) in [5.74, 6) is 2.32. The van der Waals surface area contributed by atoms with Gasteiger partial charge in [0.05, 0.1) is 12.8 Å². The van der Waals surface area contributed by atoms with Crippen molar-refractivity contribution in [3.63, 3.8) is 0 Å². The van der Waals surface area contributed by atoms with E-state index in [1.807, 2.05) is 19.1 Å². The molecule has 1 aliphatic rings. The minimum absolute atomic E-state index is 0.402. The van der Waals surface area contributed by atoms with Gasteiger partial charge in [-0.25, -0.2) is 12.7 Å². The molecule has 0 aliphatic carbocycles. The van der Waals surface area contributed by atoms with Gasteiger partial charge in [0.25, 0.3) is 0 Å². The number of nitrogens with zero attached hydrogens (tertiary/aromatic N) is 2. The fourth-order valence-corrected chi connectivity index (χ4v) is 3.22. The summed E-state index contributed by atoms with van der Waals surface area (Å²) < 4.78 is 30.0. The van der Waals surface area contributed by atoms with E-state index >= 15 is 0 Å². The van der Waals surface area contributed by atoms with E-state index < -0.39 is 10.0 Å². The summed E-state index contributed by atoms with van der Waals surface area (Å²) in [7, 11) is -1.42. The molecule has 6 heteroatoms. The number of furan rings is 1. The number of sulfonamides is 1. The number of aryl methyl sites for hydroxylation is 1. The van der Waals surface area contributed by atoms with Crippen LogP contribution in [0.4, 0.5) is 0 Å². The van der Waals surface area contributed by atoms with Crippen LogP contribution in [0.15, 0.2) is 16.5 Å². The number of piperidine rings is 1. The first-order valence-corrected chi connectivity index (χ1v) is 8.88. The number of hydrogen-bond acceptors (Lipinski definition) is 4. The van der Waals surface area contributed by atoms with Crippen LogP contribution < -0.4 is 0 Å². The van der Waals surface area contributed by atoms with Gasteiger partial charge in [0.2, 0.25) is 10.0 Å². The summed E-state index contributed by atoms with van der Waals surface area (Å²) in [6.45, 7) is 5.35. The molecule has 1 fully saturated rings. The monoisotopic (exact) mass is 300 g/mol. The lowest BCUT2D eigenvalue weighted by Crippen LogP contribution is -2.40. The van der Waals surface area contributed by atoms with Crippen LogP contribution in [0.5, 0.6) is 0 Å². The molecule has 2 heterocycles. The molecule has 1 saturated heterocycles. The van der Waals surface area contributed by atoms with Crippen molar-refractivity contribution in [3.05, 3.63) is 23.7 Å². The zero-order valence-corrected chi connectivity index (χ0v) is 13.3. The topological polar surface area (TPSA) is 53.8 Å². The van der Waals surface area contributed by atoms with Crippen LogP contribution in [0.1, 0.15) is 24.4 Å². The SMILES string of the molecule is Cc1ccc(CN2CCCC(CN(C)S(C)(=O)=O)C2)o1. The highest BCUT2D eigenvalue weighted by atomic mass is 32.2. The van der Waals surface area contributed by atoms with Gasteiger partial charge in [0.15, 0.2) is 0 Å². The first-order chi connectivity index (χ1) is 9.34. The predicted molar refractivity (Wildman–Crippen MR) is 78.9 cm³/mol. The number of rotatable bonds is 5. The average Bonchev–Trinajstić information content (AvgIpc) is 2.74. The second kappa shape index (κ2) is 6.28. The van der Waals surface area contributed by atoms with Gasteiger partial charge >= 0.3 is 0 Å². The first-order valence-electron chi connectivity index (χ1n) is 7.03. The Balaban J connectivity index is 1.88. The highest BCUT2D eigenvalue weighted by Crippen LogP contribution is 2.20. The van der Waals surface area contributed by atoms with Crippen molar-refractivity contribution in [2.75, 3.05) is 32.9 Å². The van der Waals surface area contributed by atoms with Crippen LogP contribution in [0.2, 0.25) is 0 Å². The molecule has 2 rings (SSSR count). The Morgan fingerprint density at radius 2 is 2.20 bits per heavy atom. The Labute approximate surface area is 121 Å². The molecule has 20 heavy (non-hydrogen) atoms. The van der Waals surface area contributed by atoms with Crippen molar-refractivity contribution in [1.29, 1.82) is 0 Å². The van der Waals surface area contributed by atoms with E-state index in [1.54, 1.807) is 7.05 Å². The van der Waals surface area contributed by atoms with Crippen LogP contribution in [-0.4, -0.2) is 50.6 Å². The van der Waals surface area contributed by atoms with Crippen LogP contribution >= 0.6 is 0 Å². The summed E-state index contributed by atoms with van der Waals surface area (Å²) in [6, 6.07) is 4.00. The summed E-state index contributed by atoms with van der Waals surface area (Å²) in [5.41, 5.74) is 0. The van der Waals surface area contributed by atoms with Gasteiger partial charge in [-0.15, -0.1) is 0 Å². The van der Waals surface area contributed by atoms with Gasteiger partial charge < -0.3 is 4.42 Å². The molecule has 5 nitrogen and oxygen atoms in total. The zero-order valence-electron chi connectivity index (χ0n) is 12.5. The Morgan fingerprint density at radius 3 is 2.80 bits per heavy atom. The summed E-state index contributed by atoms with van der Waals surface area (Å²) >= 11 is 0. The van der Waals surface area contributed by atoms with Gasteiger partial charge in [-0.2, -0.15) is 0 Å². The average molecular weight is 300 g/mol. The lowest BCUT2D eigenvalue weighted by Gasteiger charge is -2.33. The van der Waals surface area contributed by atoms with Crippen molar-refractivity contribution in [2.45, 2.75) is 26.3 Å². The fourth-order valence-electron chi connectivity index (χ4n) is 2.73. The Morgan fingerprint density at radius 1 is 1.45 bits per heavy atom. The normalized spacial score (nSPS) is 21.5. The maximum Gasteiger partial charge on any atom is 0.210 e. The maximum atomic E-state index is 11.5. The summed E-state index contributed by atoms with van der Waals surface area (Å²) in [5, 5.41) is 0. The zero-order chi connectivity index (χ0) is 14.8. The molecular formula is C14H24N2O3S. The fraction of sp³-hybridized carbons (Fsp3) is 0.714. The molecule has 0 N–H and O–H groups in total. The van der Waals surface area contributed by atoms with E-state index in [0.717, 1.165) is 44.0 Å². The van der Waals surface area contributed by atoms with E-state index in [4.69, 9.17) is 4.42 Å². The van der Waals surface area contributed by atoms with Crippen LogP contribution in [0.25, 0.3) is 0 Å². The maximum absolute atomic E-state index is 11.5.